The van der Waals surface area contributed by atoms with Gasteiger partial charge in [-0.1, -0.05) is 67.0 Å². The standard InChI is InChI=1S/C23H31N4PS2/c29-23(25-20-10-4-1-5-11-20)24-16-19-30-28-26(21-12-6-2-7-13-21)17-18-27(28)22-14-8-3-9-15-22/h2-3,6-9,12-15,20H,1,4-5,10-11,16-19H2,(H2,24,25,29). The molecule has 0 unspecified atom stereocenters. The van der Waals surface area contributed by atoms with E-state index in [1.54, 1.807) is 0 Å². The lowest BCUT2D eigenvalue weighted by Crippen LogP contribution is -2.43. The maximum absolute atomic E-state index is 5.54. The lowest BCUT2D eigenvalue weighted by Gasteiger charge is -2.31. The van der Waals surface area contributed by atoms with E-state index < -0.39 is 7.42 Å². The first-order valence-corrected chi connectivity index (χ1v) is 14.2. The van der Waals surface area contributed by atoms with Gasteiger partial charge in [0.25, 0.3) is 0 Å². The van der Waals surface area contributed by atoms with E-state index in [1.165, 1.54) is 43.5 Å². The van der Waals surface area contributed by atoms with E-state index in [0.29, 0.717) is 6.04 Å². The van der Waals surface area contributed by atoms with E-state index >= 15 is 0 Å². The highest BCUT2D eigenvalue weighted by Crippen LogP contribution is 2.61. The van der Waals surface area contributed by atoms with E-state index in [4.69, 9.17) is 12.2 Å². The number of hydrogen-bond donors (Lipinski definition) is 2. The Balaban J connectivity index is 1.33. The van der Waals surface area contributed by atoms with Crippen molar-refractivity contribution in [3.8, 4) is 0 Å². The number of rotatable bonds is 7. The maximum atomic E-state index is 5.54. The Kier molecular flexibility index (Phi) is 8.13. The molecule has 7 heteroatoms. The Hall–Kier alpha value is -1.49. The van der Waals surface area contributed by atoms with Crippen LogP contribution in [-0.4, -0.2) is 36.5 Å². The van der Waals surface area contributed by atoms with Gasteiger partial charge in [-0.15, -0.1) is 0 Å². The zero-order chi connectivity index (χ0) is 20.6. The second kappa shape index (κ2) is 11.2. The molecule has 2 aromatic carbocycles. The summed E-state index contributed by atoms with van der Waals surface area (Å²) in [7, 11) is -0.492. The normalized spacial score (nSPS) is 17.9. The minimum absolute atomic E-state index is 0.492. The average Bonchev–Trinajstić information content (AvgIpc) is 3.22. The van der Waals surface area contributed by atoms with Gasteiger partial charge >= 0.3 is 0 Å². The van der Waals surface area contributed by atoms with Gasteiger partial charge in [0.15, 0.2) is 12.5 Å². The number of nitrogens with zero attached hydrogens (tertiary/aromatic N) is 2. The molecule has 0 amide bonds. The molecule has 1 aliphatic heterocycles. The molecule has 2 aromatic rings. The molecule has 2 aliphatic rings. The van der Waals surface area contributed by atoms with Gasteiger partial charge in [0.1, 0.15) is 0 Å². The second-order valence-electron chi connectivity index (χ2n) is 7.74. The summed E-state index contributed by atoms with van der Waals surface area (Å²) in [5, 5.41) is 7.77. The molecule has 30 heavy (non-hydrogen) atoms. The third kappa shape index (κ3) is 5.81. The van der Waals surface area contributed by atoms with Gasteiger partial charge in [0.05, 0.1) is 0 Å². The van der Waals surface area contributed by atoms with Crippen molar-refractivity contribution in [3.63, 3.8) is 0 Å². The molecule has 2 fully saturated rings. The number of hydrogen-bond acceptors (Lipinski definition) is 4. The van der Waals surface area contributed by atoms with Crippen LogP contribution in [0, 0.1) is 0 Å². The molecule has 0 bridgehead atoms. The predicted octanol–water partition coefficient (Wildman–Crippen LogP) is 5.77. The number of anilines is 2. The summed E-state index contributed by atoms with van der Waals surface area (Å²) in [6.45, 7) is 3.02. The van der Waals surface area contributed by atoms with Crippen LogP contribution in [0.2, 0.25) is 0 Å². The third-order valence-electron chi connectivity index (χ3n) is 5.58. The second-order valence-corrected chi connectivity index (χ2v) is 12.0. The third-order valence-corrected chi connectivity index (χ3v) is 10.6. The van der Waals surface area contributed by atoms with Crippen LogP contribution in [0.3, 0.4) is 0 Å². The van der Waals surface area contributed by atoms with Gasteiger partial charge in [0.2, 0.25) is 0 Å². The molecule has 1 saturated heterocycles. The molecular formula is C23H31N4PS2. The van der Waals surface area contributed by atoms with Crippen LogP contribution >= 0.6 is 31.0 Å². The highest BCUT2D eigenvalue weighted by molar-refractivity contribution is 8.56. The number of thiocarbonyl (C=S) groups is 1. The van der Waals surface area contributed by atoms with Crippen LogP contribution in [0.5, 0.6) is 0 Å². The molecule has 160 valence electrons. The summed E-state index contributed by atoms with van der Waals surface area (Å²) in [5.74, 6) is 1.03. The smallest absolute Gasteiger partial charge is 0.166 e. The van der Waals surface area contributed by atoms with Crippen LogP contribution in [-0.2, 0) is 0 Å². The zero-order valence-electron chi connectivity index (χ0n) is 17.4. The highest BCUT2D eigenvalue weighted by atomic mass is 32.7. The van der Waals surface area contributed by atoms with Gasteiger partial charge in [-0.3, -0.25) is 0 Å². The van der Waals surface area contributed by atoms with Crippen molar-refractivity contribution in [2.45, 2.75) is 38.1 Å². The van der Waals surface area contributed by atoms with Crippen molar-refractivity contribution in [2.75, 3.05) is 34.7 Å². The monoisotopic (exact) mass is 458 g/mol. The van der Waals surface area contributed by atoms with Crippen molar-refractivity contribution in [1.29, 1.82) is 0 Å². The van der Waals surface area contributed by atoms with Crippen molar-refractivity contribution < 1.29 is 0 Å². The minimum Gasteiger partial charge on any atom is -0.362 e. The average molecular weight is 459 g/mol. The van der Waals surface area contributed by atoms with Crippen LogP contribution in [0.25, 0.3) is 0 Å². The molecule has 0 radical (unpaired) electrons. The van der Waals surface area contributed by atoms with Crippen molar-refractivity contribution in [2.24, 2.45) is 0 Å². The Morgan fingerprint density at radius 1 is 0.900 bits per heavy atom. The number of benzene rings is 2. The first-order valence-electron chi connectivity index (χ1n) is 10.9. The summed E-state index contributed by atoms with van der Waals surface area (Å²) in [6.07, 6.45) is 6.52. The van der Waals surface area contributed by atoms with E-state index in [1.807, 2.05) is 11.4 Å². The molecule has 0 atom stereocenters. The summed E-state index contributed by atoms with van der Waals surface area (Å²) < 4.78 is 5.15. The summed E-state index contributed by atoms with van der Waals surface area (Å²) in [6, 6.07) is 22.2. The molecule has 0 spiro atoms. The molecule has 4 nitrogen and oxygen atoms in total. The van der Waals surface area contributed by atoms with Crippen LogP contribution in [0.1, 0.15) is 32.1 Å². The Bertz CT molecular complexity index is 739. The predicted molar refractivity (Wildman–Crippen MR) is 138 cm³/mol. The lowest BCUT2D eigenvalue weighted by molar-refractivity contribution is 0.412. The highest BCUT2D eigenvalue weighted by Gasteiger charge is 2.33. The first-order chi connectivity index (χ1) is 14.8. The summed E-state index contributed by atoms with van der Waals surface area (Å²) in [4.78, 5) is 0. The molecule has 1 aliphatic carbocycles. The molecule has 4 rings (SSSR count). The zero-order valence-corrected chi connectivity index (χ0v) is 19.9. The van der Waals surface area contributed by atoms with Gasteiger partial charge in [-0.25, -0.2) is 0 Å². The topological polar surface area (TPSA) is 30.5 Å². The van der Waals surface area contributed by atoms with E-state index in [0.717, 1.165) is 30.5 Å². The summed E-state index contributed by atoms with van der Waals surface area (Å²) in [5.41, 5.74) is 2.63. The number of nitrogens with one attached hydrogen (secondary N) is 2. The largest absolute Gasteiger partial charge is 0.362 e. The minimum atomic E-state index is -0.492. The molecule has 2 N–H and O–H groups in total. The fraction of sp³-hybridized carbons (Fsp3) is 0.435. The molecule has 1 saturated carbocycles. The molecular weight excluding hydrogens is 427 g/mol. The number of para-hydroxylation sites is 2. The Labute approximate surface area is 191 Å². The Morgan fingerprint density at radius 2 is 1.47 bits per heavy atom. The van der Waals surface area contributed by atoms with Gasteiger partial charge < -0.3 is 20.0 Å². The Morgan fingerprint density at radius 3 is 2.03 bits per heavy atom. The summed E-state index contributed by atoms with van der Waals surface area (Å²) >= 11 is 7.58. The van der Waals surface area contributed by atoms with Crippen LogP contribution in [0.4, 0.5) is 11.4 Å². The van der Waals surface area contributed by atoms with Crippen LogP contribution < -0.4 is 20.0 Å². The first kappa shape index (κ1) is 21.7. The van der Waals surface area contributed by atoms with Crippen LogP contribution in [0.15, 0.2) is 60.7 Å². The van der Waals surface area contributed by atoms with E-state index in [9.17, 15) is 0 Å². The maximum Gasteiger partial charge on any atom is 0.166 e. The lowest BCUT2D eigenvalue weighted by atomic mass is 9.96. The van der Waals surface area contributed by atoms with E-state index in [-0.39, 0.29) is 0 Å². The van der Waals surface area contributed by atoms with Crippen molar-refractivity contribution >= 4 is 47.5 Å². The fourth-order valence-electron chi connectivity index (χ4n) is 4.06. The fourth-order valence-corrected chi connectivity index (χ4v) is 9.06. The quantitative estimate of drug-likeness (QED) is 0.311. The van der Waals surface area contributed by atoms with Crippen molar-refractivity contribution in [1.82, 2.24) is 10.6 Å². The van der Waals surface area contributed by atoms with Crippen molar-refractivity contribution in [3.05, 3.63) is 60.7 Å². The van der Waals surface area contributed by atoms with Gasteiger partial charge in [-0.05, 0) is 49.3 Å². The van der Waals surface area contributed by atoms with E-state index in [2.05, 4.69) is 80.6 Å². The van der Waals surface area contributed by atoms with Gasteiger partial charge in [-0.2, -0.15) is 0 Å². The molecule has 0 aromatic heterocycles. The van der Waals surface area contributed by atoms with Gasteiger partial charge in [0, 0.05) is 42.8 Å². The molecule has 1 heterocycles. The SMILES string of the molecule is S=C(NCCSP1N(c2ccccc2)CCN1c1ccccc1)NC1CCCCC1.